The average molecular weight is 493 g/mol. The predicted molar refractivity (Wildman–Crippen MR) is 123 cm³/mol. The van der Waals surface area contributed by atoms with E-state index in [9.17, 15) is 5.11 Å². The number of aliphatic hydroxyl groups is 1. The molecule has 27 heavy (non-hydrogen) atoms. The summed E-state index contributed by atoms with van der Waals surface area (Å²) in [5.41, 5.74) is 1.18. The smallest absolute Gasteiger partial charge is 0.191 e. The van der Waals surface area contributed by atoms with Gasteiger partial charge in [-0.15, -0.1) is 24.0 Å². The first kappa shape index (κ1) is 25.8. The number of guanidine groups is 1. The van der Waals surface area contributed by atoms with Crippen molar-refractivity contribution in [1.29, 1.82) is 0 Å². The number of nitrogens with zero attached hydrogens (tertiary/aromatic N) is 1. The molecule has 7 heteroatoms. The molecule has 0 spiro atoms. The second-order valence-corrected chi connectivity index (χ2v) is 6.25. The highest BCUT2D eigenvalue weighted by molar-refractivity contribution is 14.0. The van der Waals surface area contributed by atoms with E-state index < -0.39 is 0 Å². The molecule has 0 amide bonds. The summed E-state index contributed by atoms with van der Waals surface area (Å²) in [6.45, 7) is 6.79. The van der Waals surface area contributed by atoms with E-state index in [0.29, 0.717) is 5.92 Å². The number of ether oxygens (including phenoxy) is 2. The van der Waals surface area contributed by atoms with Crippen molar-refractivity contribution in [3.05, 3.63) is 23.8 Å². The number of nitrogens with one attached hydrogen (secondary N) is 2. The molecular weight excluding hydrogens is 457 g/mol. The van der Waals surface area contributed by atoms with Crippen molar-refractivity contribution in [3.63, 3.8) is 0 Å². The Labute approximate surface area is 181 Å². The highest BCUT2D eigenvalue weighted by Gasteiger charge is 2.08. The van der Waals surface area contributed by atoms with Crippen molar-refractivity contribution in [2.75, 3.05) is 40.5 Å². The average Bonchev–Trinajstić information content (AvgIpc) is 2.66. The number of rotatable bonds is 12. The molecule has 0 saturated heterocycles. The Bertz CT molecular complexity index is 535. The molecule has 0 saturated carbocycles. The van der Waals surface area contributed by atoms with Crippen LogP contribution in [0.25, 0.3) is 0 Å². The lowest BCUT2D eigenvalue weighted by molar-refractivity contribution is 0.253. The quantitative estimate of drug-likeness (QED) is 0.237. The summed E-state index contributed by atoms with van der Waals surface area (Å²) < 4.78 is 10.6. The van der Waals surface area contributed by atoms with E-state index in [4.69, 9.17) is 9.47 Å². The molecule has 0 heterocycles. The van der Waals surface area contributed by atoms with Crippen LogP contribution in [0.5, 0.6) is 11.5 Å². The van der Waals surface area contributed by atoms with Crippen molar-refractivity contribution in [2.45, 2.75) is 39.5 Å². The van der Waals surface area contributed by atoms with Gasteiger partial charge in [-0.3, -0.25) is 4.99 Å². The SMILES string of the molecule is CCCC(CCO)CN=C(NCC)NCCc1ccc(OC)c(OC)c1.I. The number of halogens is 1. The fraction of sp³-hybridized carbons (Fsp3) is 0.650. The number of hydrogen-bond acceptors (Lipinski definition) is 4. The molecule has 1 unspecified atom stereocenters. The number of aliphatic imine (C=N–C) groups is 1. The molecule has 0 fully saturated rings. The summed E-state index contributed by atoms with van der Waals surface area (Å²) in [6, 6.07) is 5.98. The maximum Gasteiger partial charge on any atom is 0.191 e. The Morgan fingerprint density at radius 2 is 1.85 bits per heavy atom. The maximum atomic E-state index is 9.18. The molecular formula is C20H36IN3O3. The second-order valence-electron chi connectivity index (χ2n) is 6.25. The van der Waals surface area contributed by atoms with Gasteiger partial charge in [0.1, 0.15) is 0 Å². The lowest BCUT2D eigenvalue weighted by Gasteiger charge is -2.15. The lowest BCUT2D eigenvalue weighted by Crippen LogP contribution is -2.38. The first-order chi connectivity index (χ1) is 12.7. The van der Waals surface area contributed by atoms with Crippen molar-refractivity contribution < 1.29 is 14.6 Å². The van der Waals surface area contributed by atoms with Crippen molar-refractivity contribution >= 4 is 29.9 Å². The zero-order chi connectivity index (χ0) is 19.2. The van der Waals surface area contributed by atoms with Crippen LogP contribution in [0.1, 0.15) is 38.7 Å². The van der Waals surface area contributed by atoms with E-state index in [-0.39, 0.29) is 30.6 Å². The number of methoxy groups -OCH3 is 2. The minimum absolute atomic E-state index is 0. The maximum absolute atomic E-state index is 9.18. The van der Waals surface area contributed by atoms with E-state index in [0.717, 1.165) is 62.8 Å². The Morgan fingerprint density at radius 3 is 2.44 bits per heavy atom. The van der Waals surface area contributed by atoms with Gasteiger partial charge < -0.3 is 25.2 Å². The molecule has 1 aromatic rings. The summed E-state index contributed by atoms with van der Waals surface area (Å²) in [4.78, 5) is 4.68. The van der Waals surface area contributed by atoms with Crippen LogP contribution in [0, 0.1) is 5.92 Å². The third kappa shape index (κ3) is 10.0. The predicted octanol–water partition coefficient (Wildman–Crippen LogP) is 3.22. The normalized spacial score (nSPS) is 12.1. The summed E-state index contributed by atoms with van der Waals surface area (Å²) in [5.74, 6) is 2.75. The molecule has 156 valence electrons. The molecule has 1 atom stereocenters. The number of aliphatic hydroxyl groups excluding tert-OH is 1. The van der Waals surface area contributed by atoms with E-state index in [1.165, 1.54) is 5.56 Å². The first-order valence-corrected chi connectivity index (χ1v) is 9.52. The van der Waals surface area contributed by atoms with E-state index in [2.05, 4.69) is 29.5 Å². The van der Waals surface area contributed by atoms with Gasteiger partial charge in [0.25, 0.3) is 0 Å². The van der Waals surface area contributed by atoms with Gasteiger partial charge in [0, 0.05) is 26.2 Å². The Hall–Kier alpha value is -1.22. The molecule has 0 aliphatic rings. The minimum atomic E-state index is 0. The van der Waals surface area contributed by atoms with Crippen LogP contribution < -0.4 is 20.1 Å². The van der Waals surface area contributed by atoms with Crippen LogP contribution in [-0.2, 0) is 6.42 Å². The molecule has 0 aliphatic heterocycles. The fourth-order valence-electron chi connectivity index (χ4n) is 2.84. The van der Waals surface area contributed by atoms with Gasteiger partial charge in [-0.25, -0.2) is 0 Å². The second kappa shape index (κ2) is 15.8. The molecule has 1 aromatic carbocycles. The van der Waals surface area contributed by atoms with Gasteiger partial charge in [0.15, 0.2) is 17.5 Å². The van der Waals surface area contributed by atoms with E-state index in [1.807, 2.05) is 18.2 Å². The zero-order valence-electron chi connectivity index (χ0n) is 17.1. The molecule has 0 bridgehead atoms. The third-order valence-electron chi connectivity index (χ3n) is 4.24. The minimum Gasteiger partial charge on any atom is -0.493 e. The Balaban J connectivity index is 0.00000676. The van der Waals surface area contributed by atoms with Crippen LogP contribution >= 0.6 is 24.0 Å². The van der Waals surface area contributed by atoms with E-state index >= 15 is 0 Å². The fourth-order valence-corrected chi connectivity index (χ4v) is 2.84. The van der Waals surface area contributed by atoms with Gasteiger partial charge in [0.2, 0.25) is 0 Å². The molecule has 3 N–H and O–H groups in total. The third-order valence-corrected chi connectivity index (χ3v) is 4.24. The van der Waals surface area contributed by atoms with Crippen LogP contribution in [-0.4, -0.2) is 51.5 Å². The monoisotopic (exact) mass is 493 g/mol. The van der Waals surface area contributed by atoms with Gasteiger partial charge in [0.05, 0.1) is 14.2 Å². The first-order valence-electron chi connectivity index (χ1n) is 9.52. The molecule has 6 nitrogen and oxygen atoms in total. The van der Waals surface area contributed by atoms with Crippen LogP contribution in [0.2, 0.25) is 0 Å². The summed E-state index contributed by atoms with van der Waals surface area (Å²) >= 11 is 0. The molecule has 0 radical (unpaired) electrons. The van der Waals surface area contributed by atoms with Crippen molar-refractivity contribution in [3.8, 4) is 11.5 Å². The van der Waals surface area contributed by atoms with E-state index in [1.54, 1.807) is 14.2 Å². The Kier molecular flexibility index (Phi) is 15.1. The van der Waals surface area contributed by atoms with Gasteiger partial charge in [-0.05, 0) is 49.8 Å². The van der Waals surface area contributed by atoms with Crippen molar-refractivity contribution in [1.82, 2.24) is 10.6 Å². The topological polar surface area (TPSA) is 75.1 Å². The molecule has 1 rings (SSSR count). The van der Waals surface area contributed by atoms with Crippen molar-refractivity contribution in [2.24, 2.45) is 10.9 Å². The lowest BCUT2D eigenvalue weighted by atomic mass is 10.0. The summed E-state index contributed by atoms with van der Waals surface area (Å²) in [7, 11) is 3.29. The highest BCUT2D eigenvalue weighted by atomic mass is 127. The standard InChI is InChI=1S/C20H35N3O3.HI/c1-5-7-17(11-13-24)15-23-20(21-6-2)22-12-10-16-8-9-18(25-3)19(14-16)26-4;/h8-9,14,17,24H,5-7,10-13,15H2,1-4H3,(H2,21,22,23);1H. The van der Waals surface area contributed by atoms with Gasteiger partial charge in [-0.1, -0.05) is 19.4 Å². The largest absolute Gasteiger partial charge is 0.493 e. The number of benzene rings is 1. The van der Waals surface area contributed by atoms with Crippen LogP contribution in [0.4, 0.5) is 0 Å². The molecule has 0 aromatic heterocycles. The summed E-state index contributed by atoms with van der Waals surface area (Å²) in [5, 5.41) is 15.8. The number of hydrogen-bond donors (Lipinski definition) is 3. The zero-order valence-corrected chi connectivity index (χ0v) is 19.4. The van der Waals surface area contributed by atoms with Gasteiger partial charge >= 0.3 is 0 Å². The van der Waals surface area contributed by atoms with Gasteiger partial charge in [-0.2, -0.15) is 0 Å². The summed E-state index contributed by atoms with van der Waals surface area (Å²) in [6.07, 6.45) is 3.88. The molecule has 0 aliphatic carbocycles. The Morgan fingerprint density at radius 1 is 1.11 bits per heavy atom. The van der Waals surface area contributed by atoms with Crippen LogP contribution in [0.3, 0.4) is 0 Å². The highest BCUT2D eigenvalue weighted by Crippen LogP contribution is 2.27. The van der Waals surface area contributed by atoms with Crippen LogP contribution in [0.15, 0.2) is 23.2 Å².